The number of ketones is 1. The van der Waals surface area contributed by atoms with Crippen LogP contribution in [0, 0.1) is 0 Å². The third kappa shape index (κ3) is 2.89. The van der Waals surface area contributed by atoms with Gasteiger partial charge in [0.05, 0.1) is 16.0 Å². The van der Waals surface area contributed by atoms with Crippen molar-refractivity contribution in [1.82, 2.24) is 0 Å². The molecule has 6 heteroatoms. The van der Waals surface area contributed by atoms with Crippen molar-refractivity contribution in [3.63, 3.8) is 0 Å². The summed E-state index contributed by atoms with van der Waals surface area (Å²) in [5.41, 5.74) is -0.895. The average molecular weight is 271 g/mol. The SMILES string of the molecule is CC(Cl)C(=O)c1ccc(C(F)(F)F)c(Cl)c1. The second kappa shape index (κ2) is 4.63. The number of carbonyl (C=O) groups excluding carboxylic acids is 1. The molecule has 0 aliphatic rings. The lowest BCUT2D eigenvalue weighted by molar-refractivity contribution is -0.137. The zero-order valence-electron chi connectivity index (χ0n) is 8.11. The average Bonchev–Trinajstić information content (AvgIpc) is 2.14. The Morgan fingerprint density at radius 2 is 1.94 bits per heavy atom. The fraction of sp³-hybridized carbons (Fsp3) is 0.300. The number of halogens is 5. The molecule has 1 nitrogen and oxygen atoms in total. The number of hydrogen-bond donors (Lipinski definition) is 0. The Morgan fingerprint density at radius 1 is 1.38 bits per heavy atom. The van der Waals surface area contributed by atoms with Gasteiger partial charge in [0.15, 0.2) is 5.78 Å². The fourth-order valence-corrected chi connectivity index (χ4v) is 1.54. The molecule has 0 saturated heterocycles. The summed E-state index contributed by atoms with van der Waals surface area (Å²) in [6, 6.07) is 2.82. The lowest BCUT2D eigenvalue weighted by Crippen LogP contribution is -2.12. The van der Waals surface area contributed by atoms with Crippen molar-refractivity contribution >= 4 is 29.0 Å². The number of alkyl halides is 4. The molecule has 1 unspecified atom stereocenters. The number of rotatable bonds is 2. The monoisotopic (exact) mass is 270 g/mol. The second-order valence-electron chi connectivity index (χ2n) is 3.17. The van der Waals surface area contributed by atoms with E-state index in [0.29, 0.717) is 0 Å². The van der Waals surface area contributed by atoms with Crippen LogP contribution in [0.1, 0.15) is 22.8 Å². The first kappa shape index (κ1) is 13.3. The Balaban J connectivity index is 3.15. The lowest BCUT2D eigenvalue weighted by atomic mass is 10.1. The van der Waals surface area contributed by atoms with Gasteiger partial charge in [0, 0.05) is 5.56 Å². The van der Waals surface area contributed by atoms with Gasteiger partial charge in [-0.2, -0.15) is 13.2 Å². The van der Waals surface area contributed by atoms with Crippen molar-refractivity contribution in [1.29, 1.82) is 0 Å². The maximum atomic E-state index is 12.3. The summed E-state index contributed by atoms with van der Waals surface area (Å²) in [5, 5.41) is -1.30. The third-order valence-electron chi connectivity index (χ3n) is 1.92. The van der Waals surface area contributed by atoms with Crippen LogP contribution in [0.3, 0.4) is 0 Å². The Labute approximate surface area is 100 Å². The van der Waals surface area contributed by atoms with Crippen molar-refractivity contribution in [2.45, 2.75) is 18.5 Å². The first-order chi connectivity index (χ1) is 7.23. The molecule has 0 amide bonds. The quantitative estimate of drug-likeness (QED) is 0.582. The zero-order valence-corrected chi connectivity index (χ0v) is 9.62. The number of hydrogen-bond acceptors (Lipinski definition) is 1. The highest BCUT2D eigenvalue weighted by molar-refractivity contribution is 6.35. The van der Waals surface area contributed by atoms with Crippen molar-refractivity contribution in [3.05, 3.63) is 34.3 Å². The molecule has 0 fully saturated rings. The van der Waals surface area contributed by atoms with Gasteiger partial charge >= 0.3 is 6.18 Å². The van der Waals surface area contributed by atoms with Gasteiger partial charge < -0.3 is 0 Å². The Morgan fingerprint density at radius 3 is 2.31 bits per heavy atom. The minimum Gasteiger partial charge on any atom is -0.293 e. The maximum absolute atomic E-state index is 12.3. The van der Waals surface area contributed by atoms with E-state index in [9.17, 15) is 18.0 Å². The van der Waals surface area contributed by atoms with E-state index in [1.807, 2.05) is 0 Å². The van der Waals surface area contributed by atoms with Gasteiger partial charge in [-0.15, -0.1) is 11.6 Å². The van der Waals surface area contributed by atoms with Crippen LogP contribution in [0.2, 0.25) is 5.02 Å². The molecule has 0 N–H and O–H groups in total. The molecule has 0 aliphatic carbocycles. The third-order valence-corrected chi connectivity index (χ3v) is 2.43. The van der Waals surface area contributed by atoms with Gasteiger partial charge in [-0.1, -0.05) is 17.7 Å². The summed E-state index contributed by atoms with van der Waals surface area (Å²) < 4.78 is 37.0. The summed E-state index contributed by atoms with van der Waals surface area (Å²) in [6.07, 6.45) is -4.52. The Bertz CT molecular complexity index is 413. The van der Waals surface area contributed by atoms with Gasteiger partial charge in [0.1, 0.15) is 0 Å². The van der Waals surface area contributed by atoms with Crippen LogP contribution in [0.25, 0.3) is 0 Å². The van der Waals surface area contributed by atoms with E-state index >= 15 is 0 Å². The summed E-state index contributed by atoms with van der Waals surface area (Å²) in [5.74, 6) is -0.461. The fourth-order valence-electron chi connectivity index (χ4n) is 1.13. The minimum absolute atomic E-state index is 0.0699. The van der Waals surface area contributed by atoms with Crippen molar-refractivity contribution in [2.75, 3.05) is 0 Å². The van der Waals surface area contributed by atoms with Gasteiger partial charge in [-0.3, -0.25) is 4.79 Å². The predicted molar refractivity (Wildman–Crippen MR) is 56.1 cm³/mol. The van der Waals surface area contributed by atoms with Crippen LogP contribution >= 0.6 is 23.2 Å². The van der Waals surface area contributed by atoms with Crippen LogP contribution in [0.5, 0.6) is 0 Å². The molecule has 0 heterocycles. The molecule has 1 aromatic carbocycles. The van der Waals surface area contributed by atoms with Gasteiger partial charge in [0.25, 0.3) is 0 Å². The lowest BCUT2D eigenvalue weighted by Gasteiger charge is -2.10. The molecule has 88 valence electrons. The van der Waals surface area contributed by atoms with Crippen LogP contribution in [-0.4, -0.2) is 11.2 Å². The smallest absolute Gasteiger partial charge is 0.293 e. The minimum atomic E-state index is -4.52. The predicted octanol–water partition coefficient (Wildman–Crippen LogP) is 4.17. The van der Waals surface area contributed by atoms with E-state index < -0.39 is 27.9 Å². The van der Waals surface area contributed by atoms with Gasteiger partial charge in [-0.25, -0.2) is 0 Å². The zero-order chi connectivity index (χ0) is 12.5. The van der Waals surface area contributed by atoms with E-state index in [1.165, 1.54) is 6.92 Å². The highest BCUT2D eigenvalue weighted by Gasteiger charge is 2.33. The number of Topliss-reactive ketones (excluding diaryl/α,β-unsaturated/α-hetero) is 1. The standard InChI is InChI=1S/C10H7Cl2F3O/c1-5(11)9(16)6-2-3-7(8(12)4-6)10(13,14)15/h2-5H,1H3. The Kier molecular flexibility index (Phi) is 3.86. The first-order valence-corrected chi connectivity index (χ1v) is 5.10. The van der Waals surface area contributed by atoms with Crippen LogP contribution < -0.4 is 0 Å². The number of carbonyl (C=O) groups is 1. The van der Waals surface area contributed by atoms with Crippen LogP contribution in [-0.2, 0) is 6.18 Å². The highest BCUT2D eigenvalue weighted by Crippen LogP contribution is 2.35. The Hall–Kier alpha value is -0.740. The molecular weight excluding hydrogens is 264 g/mol. The first-order valence-electron chi connectivity index (χ1n) is 4.28. The van der Waals surface area contributed by atoms with E-state index in [4.69, 9.17) is 23.2 Å². The molecular formula is C10H7Cl2F3O. The van der Waals surface area contributed by atoms with E-state index in [2.05, 4.69) is 0 Å². The van der Waals surface area contributed by atoms with Crippen molar-refractivity contribution in [3.8, 4) is 0 Å². The molecule has 0 aromatic heterocycles. The summed E-state index contributed by atoms with van der Waals surface area (Å²) in [6.45, 7) is 1.44. The van der Waals surface area contributed by atoms with Crippen LogP contribution in [0.4, 0.5) is 13.2 Å². The summed E-state index contributed by atoms with van der Waals surface area (Å²) in [7, 11) is 0. The largest absolute Gasteiger partial charge is 0.417 e. The van der Waals surface area contributed by atoms with E-state index in [0.717, 1.165) is 18.2 Å². The molecule has 0 spiro atoms. The summed E-state index contributed by atoms with van der Waals surface area (Å²) >= 11 is 11.0. The maximum Gasteiger partial charge on any atom is 0.417 e. The molecule has 0 saturated carbocycles. The number of benzene rings is 1. The molecule has 0 aliphatic heterocycles. The van der Waals surface area contributed by atoms with E-state index in [-0.39, 0.29) is 5.56 Å². The molecule has 1 atom stereocenters. The van der Waals surface area contributed by atoms with Gasteiger partial charge in [-0.05, 0) is 19.1 Å². The molecule has 0 bridgehead atoms. The normalized spacial score (nSPS) is 13.6. The van der Waals surface area contributed by atoms with Crippen molar-refractivity contribution in [2.24, 2.45) is 0 Å². The summed E-state index contributed by atoms with van der Waals surface area (Å²) in [4.78, 5) is 11.4. The molecule has 16 heavy (non-hydrogen) atoms. The molecule has 0 radical (unpaired) electrons. The van der Waals surface area contributed by atoms with Crippen LogP contribution in [0.15, 0.2) is 18.2 Å². The topological polar surface area (TPSA) is 17.1 Å². The van der Waals surface area contributed by atoms with Gasteiger partial charge in [0.2, 0.25) is 0 Å². The van der Waals surface area contributed by atoms with E-state index in [1.54, 1.807) is 0 Å². The highest BCUT2D eigenvalue weighted by atomic mass is 35.5. The van der Waals surface area contributed by atoms with Crippen molar-refractivity contribution < 1.29 is 18.0 Å². The molecule has 1 aromatic rings. The molecule has 1 rings (SSSR count). The second-order valence-corrected chi connectivity index (χ2v) is 4.23.